The van der Waals surface area contributed by atoms with Crippen LogP contribution in [0.5, 0.6) is 11.5 Å². The van der Waals surface area contributed by atoms with Crippen LogP contribution in [0.2, 0.25) is 0 Å². The molecule has 1 aromatic carbocycles. The molecule has 0 spiro atoms. The summed E-state index contributed by atoms with van der Waals surface area (Å²) in [6.07, 6.45) is -4.01. The predicted octanol–water partition coefficient (Wildman–Crippen LogP) is 7.92. The molecule has 0 saturated carbocycles. The lowest BCUT2D eigenvalue weighted by Crippen LogP contribution is -2.55. The van der Waals surface area contributed by atoms with Gasteiger partial charge < -0.3 is 24.7 Å². The van der Waals surface area contributed by atoms with Crippen LogP contribution in [0.3, 0.4) is 0 Å². The topological polar surface area (TPSA) is 144 Å². The lowest BCUT2D eigenvalue weighted by Gasteiger charge is -2.44. The molecular weight excluding hydrogens is 742 g/mol. The smallest absolute Gasteiger partial charge is 0.425 e. The minimum atomic E-state index is -4.72. The number of carbonyl (C=O) groups excluding carboxylic acids is 2. The first kappa shape index (κ1) is 41.9. The molecule has 2 aliphatic heterocycles. The van der Waals surface area contributed by atoms with Crippen LogP contribution in [0, 0.1) is 17.2 Å². The summed E-state index contributed by atoms with van der Waals surface area (Å²) in [5.41, 5.74) is -1.78. The maximum absolute atomic E-state index is 13.9. The van der Waals surface area contributed by atoms with Crippen LogP contribution < -0.4 is 4.74 Å². The number of halogens is 6. The summed E-state index contributed by atoms with van der Waals surface area (Å²) in [6.45, 7) is 2.94. The molecule has 0 bridgehead atoms. The molecule has 2 atom stereocenters. The van der Waals surface area contributed by atoms with Crippen molar-refractivity contribution in [2.75, 3.05) is 26.2 Å². The predicted molar refractivity (Wildman–Crippen MR) is 185 cm³/mol. The van der Waals surface area contributed by atoms with Crippen LogP contribution in [0.25, 0.3) is 0 Å². The Balaban J connectivity index is 0.000000562. The number of hydrogen-bond acceptors (Lipinski definition) is 8. The molecule has 3 aromatic rings. The molecule has 0 aliphatic carbocycles. The van der Waals surface area contributed by atoms with E-state index >= 15 is 0 Å². The van der Waals surface area contributed by atoms with Crippen LogP contribution >= 0.6 is 11.3 Å². The van der Waals surface area contributed by atoms with Crippen LogP contribution in [0.15, 0.2) is 54.2 Å². The zero-order chi connectivity index (χ0) is 39.7. The summed E-state index contributed by atoms with van der Waals surface area (Å²) >= 11 is 0.481. The molecule has 2 unspecified atom stereocenters. The van der Waals surface area contributed by atoms with Crippen molar-refractivity contribution in [1.82, 2.24) is 14.8 Å². The number of amides is 2. The third-order valence-electron chi connectivity index (χ3n) is 9.50. The van der Waals surface area contributed by atoms with Gasteiger partial charge in [0, 0.05) is 61.5 Å². The number of ether oxygens (including phenoxy) is 1. The van der Waals surface area contributed by atoms with Crippen LogP contribution in [0.1, 0.15) is 84.7 Å². The van der Waals surface area contributed by atoms with E-state index in [1.807, 2.05) is 19.1 Å². The van der Waals surface area contributed by atoms with Crippen LogP contribution in [0.4, 0.5) is 26.3 Å². The van der Waals surface area contributed by atoms with Crippen molar-refractivity contribution < 1.29 is 55.7 Å². The molecule has 4 heterocycles. The van der Waals surface area contributed by atoms with E-state index in [0.29, 0.717) is 86.8 Å². The van der Waals surface area contributed by atoms with Gasteiger partial charge in [-0.15, -0.1) is 11.3 Å². The summed E-state index contributed by atoms with van der Waals surface area (Å²) in [4.78, 5) is 44.4. The van der Waals surface area contributed by atoms with E-state index in [1.54, 1.807) is 17.0 Å². The number of likely N-dealkylation sites (tertiary alicyclic amines) is 2. The number of carboxylic acid groups (broad SMARTS) is 1. The molecule has 2 saturated heterocycles. The Bertz CT molecular complexity index is 1800. The first-order chi connectivity index (χ1) is 25.5. The van der Waals surface area contributed by atoms with Gasteiger partial charge in [0.15, 0.2) is 0 Å². The van der Waals surface area contributed by atoms with Gasteiger partial charge in [-0.05, 0) is 50.7 Å². The third-order valence-corrected chi connectivity index (χ3v) is 10.5. The van der Waals surface area contributed by atoms with Gasteiger partial charge in [0.05, 0.1) is 35.1 Å². The SMILES string of the molecule is CCCC1C(C(=O)N2CCC(C#N)(c3ccccc3OCCCC(=O)O)CC2)CCCN1C(=O)c1cnccc1C(F)(F)F.Oc1csc(C(F)(F)F)c1. The minimum absolute atomic E-state index is 0.0302. The van der Waals surface area contributed by atoms with Crippen LogP contribution in [-0.2, 0) is 27.4 Å². The first-order valence-electron chi connectivity index (χ1n) is 17.3. The number of nitrogens with zero attached hydrogens (tertiary/aromatic N) is 4. The van der Waals surface area contributed by atoms with Crippen molar-refractivity contribution in [2.24, 2.45) is 5.92 Å². The molecule has 54 heavy (non-hydrogen) atoms. The van der Waals surface area contributed by atoms with E-state index in [-0.39, 0.29) is 31.2 Å². The van der Waals surface area contributed by atoms with E-state index in [2.05, 4.69) is 11.1 Å². The highest BCUT2D eigenvalue weighted by Crippen LogP contribution is 2.42. The van der Waals surface area contributed by atoms with Crippen molar-refractivity contribution in [3.8, 4) is 17.6 Å². The van der Waals surface area contributed by atoms with E-state index in [4.69, 9.17) is 14.9 Å². The number of aliphatic carboxylic acids is 1. The van der Waals surface area contributed by atoms with Crippen molar-refractivity contribution in [2.45, 2.75) is 82.1 Å². The molecule has 0 radical (unpaired) electrons. The lowest BCUT2D eigenvalue weighted by atomic mass is 9.73. The second-order valence-corrected chi connectivity index (χ2v) is 14.0. The summed E-state index contributed by atoms with van der Waals surface area (Å²) in [5.74, 6) is -2.24. The van der Waals surface area contributed by atoms with E-state index in [9.17, 15) is 46.0 Å². The van der Waals surface area contributed by atoms with E-state index in [0.717, 1.165) is 23.8 Å². The normalized spacial score (nSPS) is 18.6. The number of aromatic nitrogens is 1. The molecule has 2 aromatic heterocycles. The number of aromatic hydroxyl groups is 1. The summed E-state index contributed by atoms with van der Waals surface area (Å²) in [5, 5.41) is 28.8. The monoisotopic (exact) mass is 782 g/mol. The molecule has 2 fully saturated rings. The van der Waals surface area contributed by atoms with Crippen molar-refractivity contribution >= 4 is 29.1 Å². The number of benzene rings is 1. The van der Waals surface area contributed by atoms with Gasteiger partial charge >= 0.3 is 18.3 Å². The molecular formula is C37H40F6N4O6S. The highest BCUT2D eigenvalue weighted by Gasteiger charge is 2.45. The van der Waals surface area contributed by atoms with Gasteiger partial charge in [-0.1, -0.05) is 31.5 Å². The fraction of sp³-hybridized carbons (Fsp3) is 0.486. The molecule has 2 amide bonds. The van der Waals surface area contributed by atoms with Crippen molar-refractivity contribution in [1.29, 1.82) is 5.26 Å². The number of carboxylic acids is 1. The second-order valence-electron chi connectivity index (χ2n) is 13.1. The van der Waals surface area contributed by atoms with Crippen molar-refractivity contribution in [3.05, 3.63) is 75.7 Å². The minimum Gasteiger partial charge on any atom is -0.507 e. The van der Waals surface area contributed by atoms with Crippen LogP contribution in [-0.4, -0.2) is 75.1 Å². The van der Waals surface area contributed by atoms with Gasteiger partial charge in [-0.25, -0.2) is 0 Å². The average Bonchev–Trinajstić information content (AvgIpc) is 3.60. The largest absolute Gasteiger partial charge is 0.507 e. The molecule has 10 nitrogen and oxygen atoms in total. The highest BCUT2D eigenvalue weighted by molar-refractivity contribution is 7.10. The number of hydrogen-bond donors (Lipinski definition) is 2. The molecule has 2 aliphatic rings. The van der Waals surface area contributed by atoms with E-state index < -0.39 is 57.6 Å². The quantitative estimate of drug-likeness (QED) is 0.156. The second kappa shape index (κ2) is 18.0. The lowest BCUT2D eigenvalue weighted by molar-refractivity contribution is -0.141. The van der Waals surface area contributed by atoms with Gasteiger partial charge in [0.25, 0.3) is 5.91 Å². The molecule has 17 heteroatoms. The summed E-state index contributed by atoms with van der Waals surface area (Å²) < 4.78 is 82.1. The fourth-order valence-corrected chi connectivity index (χ4v) is 7.51. The summed E-state index contributed by atoms with van der Waals surface area (Å²) in [6, 6.07) is 10.6. The Morgan fingerprint density at radius 1 is 1.07 bits per heavy atom. The Hall–Kier alpha value is -4.85. The van der Waals surface area contributed by atoms with E-state index in [1.165, 1.54) is 4.90 Å². The summed E-state index contributed by atoms with van der Waals surface area (Å²) in [7, 11) is 0. The molecule has 2 N–H and O–H groups in total. The molecule has 5 rings (SSSR count). The van der Waals surface area contributed by atoms with Gasteiger partial charge in [0.1, 0.15) is 16.4 Å². The number of rotatable bonds is 10. The number of pyridine rings is 1. The maximum Gasteiger partial charge on any atom is 0.425 e. The standard InChI is InChI=1S/C32H37F3N4O5.C5H3F3OS/c1-2-7-26-22(8-5-16-39(26)30(43)23-20-37-15-12-24(23)32(33,34)35)29(42)38-17-13-31(21-36,14-18-38)25-9-3-4-10-27(25)44-19-6-11-28(40)41;6-5(7,8)4-1-3(9)2-10-4/h3-4,9-10,12,15,20,22,26H,2,5-8,11,13-14,16-19H2,1H3,(H,40,41);1-2,9H. The maximum atomic E-state index is 13.9. The van der Waals surface area contributed by atoms with Crippen molar-refractivity contribution in [3.63, 3.8) is 0 Å². The van der Waals surface area contributed by atoms with Gasteiger partial charge in [-0.3, -0.25) is 19.4 Å². The number of carbonyl (C=O) groups is 3. The number of nitriles is 1. The Kier molecular flexibility index (Phi) is 14.0. The number of para-hydroxylation sites is 1. The Morgan fingerprint density at radius 2 is 1.78 bits per heavy atom. The number of thiophene rings is 1. The fourth-order valence-electron chi connectivity index (χ4n) is 6.87. The van der Waals surface area contributed by atoms with Gasteiger partial charge in [-0.2, -0.15) is 31.6 Å². The highest BCUT2D eigenvalue weighted by atomic mass is 32.1. The average molecular weight is 783 g/mol. The Labute approximate surface area is 312 Å². The van der Waals surface area contributed by atoms with Gasteiger partial charge in [0.2, 0.25) is 5.91 Å². The first-order valence-corrected chi connectivity index (χ1v) is 18.2. The Morgan fingerprint density at radius 3 is 2.35 bits per heavy atom. The number of alkyl halides is 6. The third kappa shape index (κ3) is 10.2. The molecule has 292 valence electrons. The number of piperidine rings is 2. The zero-order valence-corrected chi connectivity index (χ0v) is 30.1. The zero-order valence-electron chi connectivity index (χ0n) is 29.3.